The molecule has 0 fully saturated rings. The predicted octanol–water partition coefficient (Wildman–Crippen LogP) is 5.90. The summed E-state index contributed by atoms with van der Waals surface area (Å²) in [6, 6.07) is 5.65. The van der Waals surface area contributed by atoms with Crippen LogP contribution in [-0.4, -0.2) is 0 Å². The van der Waals surface area contributed by atoms with Crippen molar-refractivity contribution in [1.82, 2.24) is 0 Å². The van der Waals surface area contributed by atoms with Crippen LogP contribution in [0.3, 0.4) is 0 Å². The summed E-state index contributed by atoms with van der Waals surface area (Å²) in [4.78, 5) is 0. The molecule has 1 rings (SSSR count). The molecule has 0 amide bonds. The van der Waals surface area contributed by atoms with Crippen LogP contribution in [0.2, 0.25) is 0 Å². The Morgan fingerprint density at radius 1 is 1.12 bits per heavy atom. The van der Waals surface area contributed by atoms with E-state index >= 15 is 0 Å². The molecule has 0 heterocycles. The number of halogens is 2. The summed E-state index contributed by atoms with van der Waals surface area (Å²) >= 11 is 11.0. The van der Waals surface area contributed by atoms with Gasteiger partial charge in [-0.15, -0.1) is 0 Å². The molecule has 0 saturated heterocycles. The van der Waals surface area contributed by atoms with E-state index in [1.807, 2.05) is 12.1 Å². The molecule has 17 heavy (non-hydrogen) atoms. The first-order chi connectivity index (χ1) is 7.72. The molecule has 0 N–H and O–H groups in total. The maximum Gasteiger partial charge on any atom is 0.428 e. The zero-order chi connectivity index (χ0) is 13.2. The summed E-state index contributed by atoms with van der Waals surface area (Å²) in [5.74, 6) is 1.13. The van der Waals surface area contributed by atoms with Crippen molar-refractivity contribution in [2.24, 2.45) is 0 Å². The van der Waals surface area contributed by atoms with Crippen LogP contribution in [0.25, 0.3) is 0 Å². The van der Waals surface area contributed by atoms with Gasteiger partial charge in [-0.25, -0.2) is 4.57 Å². The molecule has 0 bridgehead atoms. The van der Waals surface area contributed by atoms with Crippen LogP contribution in [-0.2, 0) is 4.57 Å². The third kappa shape index (κ3) is 4.21. The van der Waals surface area contributed by atoms with E-state index in [1.54, 1.807) is 6.07 Å². The summed E-state index contributed by atoms with van der Waals surface area (Å²) in [5.41, 5.74) is 2.18. The average molecular weight is 295 g/mol. The molecule has 5 heteroatoms. The van der Waals surface area contributed by atoms with Gasteiger partial charge in [-0.1, -0.05) is 39.8 Å². The highest BCUT2D eigenvalue weighted by Crippen LogP contribution is 2.58. The Morgan fingerprint density at radius 2 is 1.71 bits per heavy atom. The minimum Gasteiger partial charge on any atom is -0.422 e. The van der Waals surface area contributed by atoms with E-state index in [-0.39, 0.29) is 5.92 Å². The number of rotatable bonds is 4. The number of hydrogen-bond acceptors (Lipinski definition) is 2. The molecular formula is C12H17Cl2O2P. The molecule has 0 radical (unpaired) electrons. The summed E-state index contributed by atoms with van der Waals surface area (Å²) in [6.45, 7) is 8.32. The van der Waals surface area contributed by atoms with Gasteiger partial charge in [0.05, 0.1) is 0 Å². The van der Waals surface area contributed by atoms with Gasteiger partial charge in [0.15, 0.2) is 0 Å². The van der Waals surface area contributed by atoms with Crippen molar-refractivity contribution in [3.8, 4) is 5.75 Å². The highest BCUT2D eigenvalue weighted by atomic mass is 35.9. The van der Waals surface area contributed by atoms with Gasteiger partial charge in [0.2, 0.25) is 0 Å². The van der Waals surface area contributed by atoms with Gasteiger partial charge in [0, 0.05) is 28.0 Å². The van der Waals surface area contributed by atoms with Crippen molar-refractivity contribution < 1.29 is 9.09 Å². The standard InChI is InChI=1S/C12H17Cl2O2P/c1-8(2)10-6-5-7-11(12(10)9(3)4)16-17(13,14)15/h5-9H,1-4H3. The normalized spacial score (nSPS) is 12.2. The van der Waals surface area contributed by atoms with Gasteiger partial charge >= 0.3 is 6.07 Å². The molecular weight excluding hydrogens is 278 g/mol. The van der Waals surface area contributed by atoms with Crippen LogP contribution < -0.4 is 4.52 Å². The number of benzene rings is 1. The van der Waals surface area contributed by atoms with E-state index in [2.05, 4.69) is 27.7 Å². The Hall–Kier alpha value is -0.170. The molecule has 0 spiro atoms. The van der Waals surface area contributed by atoms with E-state index in [0.717, 1.165) is 5.56 Å². The highest BCUT2D eigenvalue weighted by Gasteiger charge is 2.22. The van der Waals surface area contributed by atoms with E-state index in [0.29, 0.717) is 11.7 Å². The molecule has 2 nitrogen and oxygen atoms in total. The van der Waals surface area contributed by atoms with Crippen molar-refractivity contribution in [3.63, 3.8) is 0 Å². The maximum atomic E-state index is 11.3. The van der Waals surface area contributed by atoms with Crippen molar-refractivity contribution in [1.29, 1.82) is 0 Å². The van der Waals surface area contributed by atoms with Gasteiger partial charge in [0.25, 0.3) is 0 Å². The molecule has 96 valence electrons. The summed E-state index contributed by atoms with van der Waals surface area (Å²) in [6.07, 6.45) is -3.56. The first-order valence-electron chi connectivity index (χ1n) is 5.54. The average Bonchev–Trinajstić information content (AvgIpc) is 2.14. The Balaban J connectivity index is 3.30. The lowest BCUT2D eigenvalue weighted by atomic mass is 9.90. The third-order valence-corrected chi connectivity index (χ3v) is 3.33. The zero-order valence-corrected chi connectivity index (χ0v) is 12.8. The molecule has 1 aromatic carbocycles. The molecule has 0 atom stereocenters. The van der Waals surface area contributed by atoms with E-state index < -0.39 is 6.07 Å². The summed E-state index contributed by atoms with van der Waals surface area (Å²) in [5, 5.41) is 0. The fraction of sp³-hybridized carbons (Fsp3) is 0.500. The van der Waals surface area contributed by atoms with Gasteiger partial charge < -0.3 is 4.52 Å². The quantitative estimate of drug-likeness (QED) is 0.646. The molecule has 0 saturated carbocycles. The second kappa shape index (κ2) is 5.65. The van der Waals surface area contributed by atoms with E-state index in [1.165, 1.54) is 5.56 Å². The Morgan fingerprint density at radius 3 is 2.12 bits per heavy atom. The third-order valence-electron chi connectivity index (χ3n) is 2.50. The van der Waals surface area contributed by atoms with Crippen molar-refractivity contribution in [2.75, 3.05) is 0 Å². The maximum absolute atomic E-state index is 11.3. The largest absolute Gasteiger partial charge is 0.428 e. The molecule has 0 aliphatic carbocycles. The Kier molecular flexibility index (Phi) is 4.95. The van der Waals surface area contributed by atoms with Crippen molar-refractivity contribution >= 4 is 28.6 Å². The lowest BCUT2D eigenvalue weighted by Crippen LogP contribution is -2.01. The molecule has 0 aliphatic rings. The lowest BCUT2D eigenvalue weighted by Gasteiger charge is -2.20. The fourth-order valence-corrected chi connectivity index (χ4v) is 2.71. The van der Waals surface area contributed by atoms with Crippen LogP contribution in [0.1, 0.15) is 50.7 Å². The minimum atomic E-state index is -3.56. The first-order valence-corrected chi connectivity index (χ1v) is 8.97. The predicted molar refractivity (Wildman–Crippen MR) is 74.6 cm³/mol. The summed E-state index contributed by atoms with van der Waals surface area (Å²) in [7, 11) is 0. The molecule has 0 aromatic heterocycles. The fourth-order valence-electron chi connectivity index (χ4n) is 1.88. The van der Waals surface area contributed by atoms with Crippen LogP contribution in [0.5, 0.6) is 5.75 Å². The van der Waals surface area contributed by atoms with Crippen LogP contribution in [0.4, 0.5) is 0 Å². The second-order valence-electron chi connectivity index (χ2n) is 4.57. The molecule has 0 aliphatic heterocycles. The highest BCUT2D eigenvalue weighted by molar-refractivity contribution is 8.05. The van der Waals surface area contributed by atoms with Crippen molar-refractivity contribution in [2.45, 2.75) is 39.5 Å². The van der Waals surface area contributed by atoms with E-state index in [9.17, 15) is 4.57 Å². The summed E-state index contributed by atoms with van der Waals surface area (Å²) < 4.78 is 16.5. The smallest absolute Gasteiger partial charge is 0.422 e. The molecule has 1 aromatic rings. The Bertz CT molecular complexity index is 438. The van der Waals surface area contributed by atoms with Crippen molar-refractivity contribution in [3.05, 3.63) is 29.3 Å². The van der Waals surface area contributed by atoms with E-state index in [4.69, 9.17) is 27.0 Å². The number of hydrogen-bond donors (Lipinski definition) is 0. The van der Waals surface area contributed by atoms with Gasteiger partial charge in [-0.2, -0.15) is 0 Å². The van der Waals surface area contributed by atoms with Crippen LogP contribution >= 0.6 is 28.6 Å². The monoisotopic (exact) mass is 294 g/mol. The minimum absolute atomic E-state index is 0.253. The van der Waals surface area contributed by atoms with Crippen LogP contribution in [0, 0.1) is 0 Å². The van der Waals surface area contributed by atoms with Gasteiger partial charge in [0.1, 0.15) is 5.75 Å². The Labute approximate surface area is 112 Å². The van der Waals surface area contributed by atoms with Crippen LogP contribution in [0.15, 0.2) is 18.2 Å². The van der Waals surface area contributed by atoms with Gasteiger partial charge in [-0.05, 0) is 23.5 Å². The SMILES string of the molecule is CC(C)c1cccc(OP(=O)(Cl)Cl)c1C(C)C. The molecule has 0 unspecified atom stereocenters. The zero-order valence-electron chi connectivity index (χ0n) is 10.4. The lowest BCUT2D eigenvalue weighted by molar-refractivity contribution is 0.506. The van der Waals surface area contributed by atoms with Gasteiger partial charge in [-0.3, -0.25) is 0 Å². The topological polar surface area (TPSA) is 26.3 Å². The first kappa shape index (κ1) is 14.9. The second-order valence-corrected chi connectivity index (χ2v) is 8.78.